The van der Waals surface area contributed by atoms with Gasteiger partial charge in [-0.25, -0.2) is 4.98 Å². The Bertz CT molecular complexity index is 698. The molecule has 2 aromatic rings. The van der Waals surface area contributed by atoms with Crippen LogP contribution < -0.4 is 10.1 Å². The van der Waals surface area contributed by atoms with Crippen LogP contribution in [0.25, 0.3) is 11.1 Å². The fourth-order valence-electron chi connectivity index (χ4n) is 3.20. The molecule has 2 aliphatic rings. The first-order valence-corrected chi connectivity index (χ1v) is 8.36. The second-order valence-electron chi connectivity index (χ2n) is 6.24. The van der Waals surface area contributed by atoms with Gasteiger partial charge in [0.05, 0.1) is 12.7 Å². The molecule has 1 saturated carbocycles. The van der Waals surface area contributed by atoms with Crippen LogP contribution in [0.4, 0.5) is 0 Å². The van der Waals surface area contributed by atoms with Crippen LogP contribution in [0.15, 0.2) is 36.5 Å². The minimum atomic E-state index is 0.132. The highest BCUT2D eigenvalue weighted by atomic mass is 16.5. The number of pyridine rings is 1. The Morgan fingerprint density at radius 3 is 3.04 bits per heavy atom. The number of hydrogen-bond acceptors (Lipinski definition) is 4. The molecule has 1 aliphatic carbocycles. The first kappa shape index (κ1) is 14.7. The van der Waals surface area contributed by atoms with Gasteiger partial charge in [-0.2, -0.15) is 0 Å². The van der Waals surface area contributed by atoms with Crippen molar-refractivity contribution in [1.82, 2.24) is 10.3 Å². The highest BCUT2D eigenvalue weighted by molar-refractivity contribution is 5.70. The second-order valence-corrected chi connectivity index (χ2v) is 6.24. The molecule has 0 saturated heterocycles. The highest BCUT2D eigenvalue weighted by Crippen LogP contribution is 2.35. The van der Waals surface area contributed by atoms with Crippen molar-refractivity contribution in [1.29, 1.82) is 0 Å². The Morgan fingerprint density at radius 2 is 2.22 bits per heavy atom. The number of aromatic nitrogens is 1. The number of ether oxygens (including phenoxy) is 2. The van der Waals surface area contributed by atoms with Gasteiger partial charge in [0, 0.05) is 18.8 Å². The van der Waals surface area contributed by atoms with Gasteiger partial charge >= 0.3 is 0 Å². The van der Waals surface area contributed by atoms with Gasteiger partial charge in [0.25, 0.3) is 0 Å². The molecule has 1 aliphatic heterocycles. The first-order chi connectivity index (χ1) is 11.3. The fraction of sp³-hybridized carbons (Fsp3) is 0.421. The van der Waals surface area contributed by atoms with E-state index in [0.29, 0.717) is 6.10 Å². The van der Waals surface area contributed by atoms with Gasteiger partial charge in [0.2, 0.25) is 5.88 Å². The maximum Gasteiger partial charge on any atom is 0.214 e. The molecular formula is C19H22N2O2. The summed E-state index contributed by atoms with van der Waals surface area (Å²) in [5.41, 5.74) is 5.14. The van der Waals surface area contributed by atoms with Crippen LogP contribution in [0.5, 0.6) is 5.88 Å². The predicted molar refractivity (Wildman–Crippen MR) is 89.6 cm³/mol. The van der Waals surface area contributed by atoms with E-state index < -0.39 is 0 Å². The molecule has 1 aromatic carbocycles. The Hall–Kier alpha value is -1.91. The van der Waals surface area contributed by atoms with Gasteiger partial charge in [-0.1, -0.05) is 18.2 Å². The number of rotatable bonds is 5. The van der Waals surface area contributed by atoms with E-state index in [4.69, 9.17) is 9.47 Å². The van der Waals surface area contributed by atoms with Crippen LogP contribution in [0.2, 0.25) is 0 Å². The molecule has 1 aromatic heterocycles. The summed E-state index contributed by atoms with van der Waals surface area (Å²) >= 11 is 0. The third kappa shape index (κ3) is 3.09. The molecule has 4 heteroatoms. The molecule has 0 amide bonds. The van der Waals surface area contributed by atoms with E-state index in [0.717, 1.165) is 38.3 Å². The first-order valence-electron chi connectivity index (χ1n) is 8.36. The largest absolute Gasteiger partial charge is 0.474 e. The summed E-state index contributed by atoms with van der Waals surface area (Å²) in [6.45, 7) is 1.61. The van der Waals surface area contributed by atoms with Gasteiger partial charge < -0.3 is 14.8 Å². The van der Waals surface area contributed by atoms with E-state index in [9.17, 15) is 0 Å². The lowest BCUT2D eigenvalue weighted by Gasteiger charge is -2.28. The number of benzene rings is 1. The maximum absolute atomic E-state index is 5.92. The smallest absolute Gasteiger partial charge is 0.214 e. The third-order valence-corrected chi connectivity index (χ3v) is 4.48. The van der Waals surface area contributed by atoms with E-state index in [2.05, 4.69) is 40.6 Å². The van der Waals surface area contributed by atoms with Crippen molar-refractivity contribution in [3.05, 3.63) is 47.7 Å². The van der Waals surface area contributed by atoms with Gasteiger partial charge in [0.15, 0.2) is 0 Å². The minimum Gasteiger partial charge on any atom is -0.474 e. The summed E-state index contributed by atoms with van der Waals surface area (Å²) in [4.78, 5) is 4.34. The summed E-state index contributed by atoms with van der Waals surface area (Å²) in [5.74, 6) is 0.737. The van der Waals surface area contributed by atoms with Gasteiger partial charge in [-0.15, -0.1) is 0 Å². The molecule has 2 heterocycles. The van der Waals surface area contributed by atoms with Crippen molar-refractivity contribution in [3.8, 4) is 17.0 Å². The Morgan fingerprint density at radius 1 is 1.30 bits per heavy atom. The SMILES string of the molecule is CNC[C@H]1OCCc2c(-c3ccnc(OC4CC4)c3)cccc21. The molecule has 1 atom stereocenters. The van der Waals surface area contributed by atoms with Crippen molar-refractivity contribution in [3.63, 3.8) is 0 Å². The number of nitrogens with one attached hydrogen (secondary N) is 1. The zero-order valence-electron chi connectivity index (χ0n) is 13.4. The van der Waals surface area contributed by atoms with Crippen LogP contribution in [-0.4, -0.2) is 31.3 Å². The van der Waals surface area contributed by atoms with Crippen LogP contribution >= 0.6 is 0 Å². The molecule has 120 valence electrons. The quantitative estimate of drug-likeness (QED) is 0.921. The average molecular weight is 310 g/mol. The minimum absolute atomic E-state index is 0.132. The molecule has 0 radical (unpaired) electrons. The van der Waals surface area contributed by atoms with Crippen LogP contribution in [0.3, 0.4) is 0 Å². The Kier molecular flexibility index (Phi) is 4.02. The molecule has 0 unspecified atom stereocenters. The lowest BCUT2D eigenvalue weighted by atomic mass is 9.90. The Labute approximate surface area is 136 Å². The summed E-state index contributed by atoms with van der Waals surface area (Å²) in [6, 6.07) is 10.6. The molecule has 23 heavy (non-hydrogen) atoms. The lowest BCUT2D eigenvalue weighted by molar-refractivity contribution is 0.0440. The van der Waals surface area contributed by atoms with Gasteiger partial charge in [-0.05, 0) is 54.6 Å². The average Bonchev–Trinajstić information content (AvgIpc) is 3.39. The summed E-state index contributed by atoms with van der Waals surface area (Å²) < 4.78 is 11.8. The zero-order chi connectivity index (χ0) is 15.6. The summed E-state index contributed by atoms with van der Waals surface area (Å²) in [5, 5.41) is 3.22. The topological polar surface area (TPSA) is 43.4 Å². The van der Waals surface area contributed by atoms with Crippen molar-refractivity contribution in [2.45, 2.75) is 31.5 Å². The molecule has 4 nitrogen and oxygen atoms in total. The molecule has 0 bridgehead atoms. The number of nitrogens with zero attached hydrogens (tertiary/aromatic N) is 1. The molecule has 1 fully saturated rings. The highest BCUT2D eigenvalue weighted by Gasteiger charge is 2.25. The third-order valence-electron chi connectivity index (χ3n) is 4.48. The van der Waals surface area contributed by atoms with Crippen molar-refractivity contribution in [2.24, 2.45) is 0 Å². The molecule has 0 spiro atoms. The summed E-state index contributed by atoms with van der Waals surface area (Å²) in [7, 11) is 1.96. The van der Waals surface area contributed by atoms with Crippen LogP contribution in [0.1, 0.15) is 30.1 Å². The molecule has 1 N–H and O–H groups in total. The fourth-order valence-corrected chi connectivity index (χ4v) is 3.20. The summed E-state index contributed by atoms with van der Waals surface area (Å²) in [6.07, 6.45) is 5.60. The van der Waals surface area contributed by atoms with E-state index >= 15 is 0 Å². The van der Waals surface area contributed by atoms with Crippen LogP contribution in [0, 0.1) is 0 Å². The van der Waals surface area contributed by atoms with Crippen molar-refractivity contribution in [2.75, 3.05) is 20.2 Å². The van der Waals surface area contributed by atoms with Crippen LogP contribution in [-0.2, 0) is 11.2 Å². The normalized spacial score (nSPS) is 20.1. The monoisotopic (exact) mass is 310 g/mol. The van der Waals surface area contributed by atoms with Gasteiger partial charge in [-0.3, -0.25) is 0 Å². The number of fused-ring (bicyclic) bond motifs is 1. The Balaban J connectivity index is 1.70. The molecule has 4 rings (SSSR count). The van der Waals surface area contributed by atoms with E-state index in [-0.39, 0.29) is 6.10 Å². The van der Waals surface area contributed by atoms with Gasteiger partial charge in [0.1, 0.15) is 6.10 Å². The zero-order valence-corrected chi connectivity index (χ0v) is 13.4. The standard InChI is InChI=1S/C19H22N2O2/c1-20-12-18-17-4-2-3-15(16(17)8-10-22-18)13-7-9-21-19(11-13)23-14-5-6-14/h2-4,7,9,11,14,18,20H,5-6,8,10,12H2,1H3/t18-/m1/s1. The number of likely N-dealkylation sites (N-methyl/N-ethyl adjacent to an activating group) is 1. The maximum atomic E-state index is 5.92. The van der Waals surface area contributed by atoms with Crippen molar-refractivity contribution < 1.29 is 9.47 Å². The predicted octanol–water partition coefficient (Wildman–Crippen LogP) is 3.12. The van der Waals surface area contributed by atoms with E-state index in [1.54, 1.807) is 0 Å². The molecular weight excluding hydrogens is 288 g/mol. The van der Waals surface area contributed by atoms with E-state index in [1.165, 1.54) is 22.3 Å². The second kappa shape index (κ2) is 6.30. The van der Waals surface area contributed by atoms with Crippen molar-refractivity contribution >= 4 is 0 Å². The lowest BCUT2D eigenvalue weighted by Crippen LogP contribution is -2.25. The number of hydrogen-bond donors (Lipinski definition) is 1. The van der Waals surface area contributed by atoms with E-state index in [1.807, 2.05) is 13.2 Å².